The lowest BCUT2D eigenvalue weighted by atomic mass is 9.35. The number of benzene rings is 10. The van der Waals surface area contributed by atoms with E-state index in [-0.39, 0.29) is 13.4 Å². The van der Waals surface area contributed by atoms with Gasteiger partial charge in [-0.25, -0.2) is 0 Å². The summed E-state index contributed by atoms with van der Waals surface area (Å²) in [4.78, 5) is 8.29. The number of fused-ring (bicyclic) bond motifs is 14. The van der Waals surface area contributed by atoms with Crippen molar-refractivity contribution < 1.29 is 4.21 Å². The third-order valence-electron chi connectivity index (χ3n) is 14.7. The van der Waals surface area contributed by atoms with Crippen LogP contribution in [0.2, 0.25) is 0 Å². The summed E-state index contributed by atoms with van der Waals surface area (Å²) in [6, 6.07) is 87.2. The van der Waals surface area contributed by atoms with Gasteiger partial charge in [0.25, 0.3) is 0 Å². The second-order valence-electron chi connectivity index (χ2n) is 17.9. The molecule has 0 unspecified atom stereocenters. The predicted octanol–water partition coefficient (Wildman–Crippen LogP) is 10.6. The summed E-state index contributed by atoms with van der Waals surface area (Å²) in [5.41, 5.74) is 18.2. The molecule has 0 saturated carbocycles. The lowest BCUT2D eigenvalue weighted by Gasteiger charge is -2.41. The summed E-state index contributed by atoms with van der Waals surface area (Å²) in [5.74, 6) is 0. The highest BCUT2D eigenvalue weighted by Crippen LogP contribution is 2.71. The van der Waals surface area contributed by atoms with Gasteiger partial charge in [-0.05, 0) is 105 Å². The largest absolute Gasteiger partial charge is 0.311 e. The van der Waals surface area contributed by atoms with Crippen LogP contribution in [0.4, 0.5) is 34.1 Å². The Morgan fingerprint density at radius 2 is 0.636 bits per heavy atom. The van der Waals surface area contributed by atoms with Crippen LogP contribution in [0.3, 0.4) is 0 Å². The molecule has 0 radical (unpaired) electrons. The molecule has 0 aliphatic carbocycles. The van der Waals surface area contributed by atoms with E-state index in [0.29, 0.717) is 0 Å². The Morgan fingerprint density at radius 3 is 1.12 bits per heavy atom. The van der Waals surface area contributed by atoms with Crippen LogP contribution < -0.4 is 42.6 Å². The van der Waals surface area contributed by atoms with E-state index in [9.17, 15) is 0 Å². The van der Waals surface area contributed by atoms with Crippen molar-refractivity contribution in [2.75, 3.05) is 9.80 Å². The molecule has 1 spiro atoms. The molecule has 0 saturated heterocycles. The summed E-state index contributed by atoms with van der Waals surface area (Å²) >= 11 is 0. The number of nitrogens with zero attached hydrogens (tertiary/aromatic N) is 2. The maximum atomic E-state index is 18.1. The maximum absolute atomic E-state index is 18.1. The number of para-hydroxylation sites is 4. The quantitative estimate of drug-likeness (QED) is 0.165. The Bertz CT molecular complexity index is 3630. The molecule has 308 valence electrons. The molecule has 0 aromatic heterocycles. The van der Waals surface area contributed by atoms with Gasteiger partial charge in [-0.3, -0.25) is 4.21 Å². The van der Waals surface area contributed by atoms with Gasteiger partial charge in [-0.15, -0.1) is 0 Å². The van der Waals surface area contributed by atoms with Gasteiger partial charge < -0.3 is 9.80 Å². The van der Waals surface area contributed by atoms with Gasteiger partial charge in [0, 0.05) is 68.3 Å². The van der Waals surface area contributed by atoms with Gasteiger partial charge in [0.15, 0.2) is 0 Å². The van der Waals surface area contributed by atoms with Gasteiger partial charge in [0.2, 0.25) is 13.4 Å². The first kappa shape index (κ1) is 37.5. The molecule has 10 aromatic rings. The normalized spacial score (nSPS) is 15.5. The number of rotatable bonds is 4. The van der Waals surface area contributed by atoms with Crippen molar-refractivity contribution in [3.8, 4) is 22.3 Å². The monoisotopic (exact) mass is 858 g/mol. The second kappa shape index (κ2) is 13.8. The van der Waals surface area contributed by atoms with Gasteiger partial charge >= 0.3 is 0 Å². The lowest BCUT2D eigenvalue weighted by Crippen LogP contribution is -2.57. The highest BCUT2D eigenvalue weighted by atomic mass is 32.3. The van der Waals surface area contributed by atoms with Crippen molar-refractivity contribution >= 4 is 89.4 Å². The summed E-state index contributed by atoms with van der Waals surface area (Å²) in [5, 5.41) is 0. The minimum Gasteiger partial charge on any atom is -0.311 e. The highest BCUT2D eigenvalue weighted by molar-refractivity contribution is 8.21. The average Bonchev–Trinajstić information content (AvgIpc) is 3.77. The SMILES string of the molecule is O=S12(c3ccccc3-c3cc(N4c5ccccc5B(c5ccccc5)c5ccccc54)ccc31)c1ccccc1-c1ccc(N3c4ccccc4B(c4ccccc4)c4ccccc43)cc12. The number of anilines is 6. The van der Waals surface area contributed by atoms with E-state index in [1.807, 2.05) is 0 Å². The second-order valence-corrected chi connectivity index (χ2v) is 21.5. The highest BCUT2D eigenvalue weighted by Gasteiger charge is 2.58. The zero-order valence-corrected chi connectivity index (χ0v) is 36.8. The Labute approximate surface area is 385 Å². The molecule has 10 aromatic carbocycles. The van der Waals surface area contributed by atoms with Crippen molar-refractivity contribution in [1.29, 1.82) is 0 Å². The van der Waals surface area contributed by atoms with Gasteiger partial charge in [-0.2, -0.15) is 0 Å². The van der Waals surface area contributed by atoms with E-state index in [2.05, 4.69) is 252 Å². The first-order valence-electron chi connectivity index (χ1n) is 22.8. The molecule has 0 atom stereocenters. The van der Waals surface area contributed by atoms with Gasteiger partial charge in [0.1, 0.15) is 0 Å². The van der Waals surface area contributed by atoms with Crippen LogP contribution >= 0.6 is 0 Å². The standard InChI is InChI=1S/C60H40B2N2OS/c65-66(57-33-17-7-23-45(57)47-37-35-44(40-60(47)66)64-55-31-15-11-27-51(55)62(42-21-5-2-6-22-42)52-28-12-16-32-56(52)64)58-34-18-8-24-46(58)48-39-43(36-38-59(48)66)63-53-29-13-9-25-49(53)61(41-19-3-1-4-20-41)50-26-10-14-30-54(50)63/h1-40H. The Morgan fingerprint density at radius 1 is 0.288 bits per heavy atom. The van der Waals surface area contributed by atoms with Crippen LogP contribution in [0.1, 0.15) is 0 Å². The average molecular weight is 859 g/mol. The zero-order chi connectivity index (χ0) is 43.6. The molecule has 0 bridgehead atoms. The Balaban J connectivity index is 0.994. The van der Waals surface area contributed by atoms with Crippen LogP contribution in [0, 0.1) is 0 Å². The molecule has 0 fully saturated rings. The third kappa shape index (κ3) is 4.81. The fraction of sp³-hybridized carbons (Fsp3) is 0. The Kier molecular flexibility index (Phi) is 7.83. The van der Waals surface area contributed by atoms with Gasteiger partial charge in [0.05, 0.1) is 0 Å². The van der Waals surface area contributed by atoms with Crippen molar-refractivity contribution in [2.45, 2.75) is 19.6 Å². The fourth-order valence-corrected chi connectivity index (χ4v) is 17.2. The van der Waals surface area contributed by atoms with E-state index >= 15 is 4.21 Å². The number of hydrogen-bond acceptors (Lipinski definition) is 3. The molecular weight excluding hydrogens is 818 g/mol. The van der Waals surface area contributed by atoms with E-state index in [1.54, 1.807) is 0 Å². The third-order valence-corrected chi connectivity index (χ3v) is 19.5. The minimum atomic E-state index is -4.22. The Hall–Kier alpha value is -7.92. The molecule has 66 heavy (non-hydrogen) atoms. The first-order valence-corrected chi connectivity index (χ1v) is 24.8. The van der Waals surface area contributed by atoms with E-state index < -0.39 is 9.07 Å². The lowest BCUT2D eigenvalue weighted by molar-refractivity contribution is 0.658. The summed E-state index contributed by atoms with van der Waals surface area (Å²) in [6.07, 6.45) is 0. The molecule has 6 heteroatoms. The van der Waals surface area contributed by atoms with Crippen molar-refractivity contribution in [2.24, 2.45) is 0 Å². The van der Waals surface area contributed by atoms with Crippen LogP contribution in [0.25, 0.3) is 22.3 Å². The van der Waals surface area contributed by atoms with Crippen LogP contribution in [-0.4, -0.2) is 17.6 Å². The molecule has 4 aliphatic heterocycles. The molecule has 14 rings (SSSR count). The van der Waals surface area contributed by atoms with E-state index in [1.165, 1.54) is 32.8 Å². The van der Waals surface area contributed by atoms with E-state index in [4.69, 9.17) is 0 Å². The van der Waals surface area contributed by atoms with Crippen molar-refractivity contribution in [1.82, 2.24) is 0 Å². The van der Waals surface area contributed by atoms with Crippen LogP contribution in [0.5, 0.6) is 0 Å². The van der Waals surface area contributed by atoms with Crippen molar-refractivity contribution in [3.05, 3.63) is 243 Å². The molecule has 0 amide bonds. The summed E-state index contributed by atoms with van der Waals surface area (Å²) in [6.45, 7) is 0.164. The molecular formula is C60H40B2N2OS. The molecule has 4 heterocycles. The van der Waals surface area contributed by atoms with Crippen molar-refractivity contribution in [3.63, 3.8) is 0 Å². The van der Waals surface area contributed by atoms with E-state index in [0.717, 1.165) is 76.0 Å². The molecule has 4 aliphatic rings. The topological polar surface area (TPSA) is 23.6 Å². The first-order chi connectivity index (χ1) is 32.6. The predicted molar refractivity (Wildman–Crippen MR) is 277 cm³/mol. The summed E-state index contributed by atoms with van der Waals surface area (Å²) < 4.78 is 18.1. The number of hydrogen-bond donors (Lipinski definition) is 0. The fourth-order valence-electron chi connectivity index (χ4n) is 12.1. The zero-order valence-electron chi connectivity index (χ0n) is 36.0. The molecule has 3 nitrogen and oxygen atoms in total. The smallest absolute Gasteiger partial charge is 0.246 e. The molecule has 0 N–H and O–H groups in total. The maximum Gasteiger partial charge on any atom is 0.246 e. The van der Waals surface area contributed by atoms with Crippen LogP contribution in [-0.2, 0) is 9.07 Å². The van der Waals surface area contributed by atoms with Crippen LogP contribution in [0.15, 0.2) is 262 Å². The minimum absolute atomic E-state index is 0.0730. The summed E-state index contributed by atoms with van der Waals surface area (Å²) in [7, 11) is -4.22. The van der Waals surface area contributed by atoms with Gasteiger partial charge in [-0.1, -0.05) is 187 Å².